The van der Waals surface area contributed by atoms with E-state index in [-0.39, 0.29) is 28.7 Å². The van der Waals surface area contributed by atoms with Crippen molar-refractivity contribution in [3.8, 4) is 0 Å². The Morgan fingerprint density at radius 3 is 2.74 bits per heavy atom. The molecule has 0 saturated heterocycles. The van der Waals surface area contributed by atoms with Crippen LogP contribution in [0.5, 0.6) is 0 Å². The third-order valence-corrected chi connectivity index (χ3v) is 5.52. The largest absolute Gasteiger partial charge is 0.467 e. The van der Waals surface area contributed by atoms with Gasteiger partial charge >= 0.3 is 0 Å². The van der Waals surface area contributed by atoms with Gasteiger partial charge in [-0.3, -0.25) is 14.2 Å². The zero-order valence-corrected chi connectivity index (χ0v) is 17.3. The summed E-state index contributed by atoms with van der Waals surface area (Å²) in [5, 5.41) is 3.58. The molecular formula is C21H14ClF2N3O3S. The molecule has 31 heavy (non-hydrogen) atoms. The molecule has 0 saturated carbocycles. The number of carbonyl (C=O) groups is 1. The number of rotatable bonds is 6. The molecule has 1 amide bonds. The Morgan fingerprint density at radius 2 is 2.00 bits per heavy atom. The highest BCUT2D eigenvalue weighted by atomic mass is 35.5. The number of aromatic nitrogens is 2. The van der Waals surface area contributed by atoms with E-state index >= 15 is 0 Å². The molecule has 0 aliphatic rings. The summed E-state index contributed by atoms with van der Waals surface area (Å²) in [6.45, 7) is 0.129. The lowest BCUT2D eigenvalue weighted by atomic mass is 10.2. The maximum atomic E-state index is 13.3. The minimum absolute atomic E-state index is 0.115. The van der Waals surface area contributed by atoms with E-state index in [0.29, 0.717) is 21.7 Å². The van der Waals surface area contributed by atoms with E-state index in [2.05, 4.69) is 10.3 Å². The van der Waals surface area contributed by atoms with Gasteiger partial charge in [0, 0.05) is 16.8 Å². The number of furan rings is 1. The zero-order chi connectivity index (χ0) is 22.0. The summed E-state index contributed by atoms with van der Waals surface area (Å²) in [6, 6.07) is 11.3. The standard InChI is InChI=1S/C21H14ClF2N3O3S/c22-12-3-5-15-18(8-12)26-21(27(20(15)29)10-14-2-1-7-30-14)31-11-19(28)25-13-4-6-16(23)17(24)9-13/h1-9H,10-11H2,(H,25,28). The summed E-state index contributed by atoms with van der Waals surface area (Å²) >= 11 is 7.05. The first-order chi connectivity index (χ1) is 14.9. The van der Waals surface area contributed by atoms with E-state index in [1.807, 2.05) is 0 Å². The van der Waals surface area contributed by atoms with Gasteiger partial charge < -0.3 is 9.73 Å². The molecule has 2 heterocycles. The van der Waals surface area contributed by atoms with E-state index in [0.717, 1.165) is 23.9 Å². The van der Waals surface area contributed by atoms with Crippen molar-refractivity contribution in [1.29, 1.82) is 0 Å². The molecule has 2 aromatic carbocycles. The van der Waals surface area contributed by atoms with Gasteiger partial charge in [0.2, 0.25) is 5.91 Å². The average molecular weight is 462 g/mol. The number of fused-ring (bicyclic) bond motifs is 1. The minimum atomic E-state index is -1.06. The van der Waals surface area contributed by atoms with Crippen LogP contribution in [-0.2, 0) is 11.3 Å². The Kier molecular flexibility index (Phi) is 6.06. The first-order valence-corrected chi connectivity index (χ1v) is 10.4. The predicted molar refractivity (Wildman–Crippen MR) is 115 cm³/mol. The zero-order valence-electron chi connectivity index (χ0n) is 15.8. The van der Waals surface area contributed by atoms with Gasteiger partial charge in [0.25, 0.3) is 5.56 Å². The van der Waals surface area contributed by atoms with Crippen LogP contribution >= 0.6 is 23.4 Å². The fraction of sp³-hybridized carbons (Fsp3) is 0.0952. The Morgan fingerprint density at radius 1 is 1.16 bits per heavy atom. The molecule has 0 fully saturated rings. The molecule has 10 heteroatoms. The third-order valence-electron chi connectivity index (χ3n) is 4.31. The second kappa shape index (κ2) is 8.91. The van der Waals surface area contributed by atoms with Crippen molar-refractivity contribution in [1.82, 2.24) is 9.55 Å². The Hall–Kier alpha value is -3.17. The van der Waals surface area contributed by atoms with Crippen LogP contribution in [0.4, 0.5) is 14.5 Å². The summed E-state index contributed by atoms with van der Waals surface area (Å²) in [5.41, 5.74) is 0.217. The van der Waals surface area contributed by atoms with Crippen LogP contribution in [0, 0.1) is 11.6 Å². The molecule has 2 aromatic heterocycles. The number of benzene rings is 2. The summed E-state index contributed by atoms with van der Waals surface area (Å²) in [6.07, 6.45) is 1.50. The van der Waals surface area contributed by atoms with Crippen LogP contribution in [0.25, 0.3) is 10.9 Å². The lowest BCUT2D eigenvalue weighted by Crippen LogP contribution is -2.24. The molecule has 1 N–H and O–H groups in total. The van der Waals surface area contributed by atoms with Gasteiger partial charge in [-0.15, -0.1) is 0 Å². The summed E-state index contributed by atoms with van der Waals surface area (Å²) in [4.78, 5) is 29.8. The van der Waals surface area contributed by atoms with E-state index in [9.17, 15) is 18.4 Å². The van der Waals surface area contributed by atoms with Crippen molar-refractivity contribution in [2.24, 2.45) is 0 Å². The van der Waals surface area contributed by atoms with Gasteiger partial charge in [-0.1, -0.05) is 23.4 Å². The van der Waals surface area contributed by atoms with Crippen molar-refractivity contribution < 1.29 is 18.0 Å². The molecule has 0 unspecified atom stereocenters. The van der Waals surface area contributed by atoms with Crippen LogP contribution in [0.15, 0.2) is 69.2 Å². The van der Waals surface area contributed by atoms with Gasteiger partial charge in [0.05, 0.1) is 29.5 Å². The highest BCUT2D eigenvalue weighted by Gasteiger charge is 2.15. The lowest BCUT2D eigenvalue weighted by Gasteiger charge is -2.12. The Balaban J connectivity index is 1.61. The summed E-state index contributed by atoms with van der Waals surface area (Å²) in [5.74, 6) is -2.11. The van der Waals surface area contributed by atoms with Crippen LogP contribution in [0.1, 0.15) is 5.76 Å². The van der Waals surface area contributed by atoms with Crippen LogP contribution in [0.3, 0.4) is 0 Å². The Labute approximate surface area is 183 Å². The number of halogens is 3. The van der Waals surface area contributed by atoms with E-state index < -0.39 is 17.5 Å². The number of thioether (sulfide) groups is 1. The molecule has 0 spiro atoms. The molecule has 0 atom stereocenters. The molecule has 158 valence electrons. The molecule has 4 aromatic rings. The first kappa shape index (κ1) is 21.1. The normalized spacial score (nSPS) is 11.1. The molecule has 0 bridgehead atoms. The van der Waals surface area contributed by atoms with E-state index in [4.69, 9.17) is 16.0 Å². The highest BCUT2D eigenvalue weighted by molar-refractivity contribution is 7.99. The number of hydrogen-bond donors (Lipinski definition) is 1. The molecule has 4 rings (SSSR count). The van der Waals surface area contributed by atoms with Gasteiger partial charge in [-0.05, 0) is 42.5 Å². The second-order valence-electron chi connectivity index (χ2n) is 6.49. The Bertz CT molecular complexity index is 1330. The highest BCUT2D eigenvalue weighted by Crippen LogP contribution is 2.22. The fourth-order valence-electron chi connectivity index (χ4n) is 2.88. The van der Waals surface area contributed by atoms with Gasteiger partial charge in [0.1, 0.15) is 5.76 Å². The van der Waals surface area contributed by atoms with Crippen LogP contribution < -0.4 is 10.9 Å². The van der Waals surface area contributed by atoms with Crippen molar-refractivity contribution >= 4 is 45.9 Å². The number of anilines is 1. The maximum Gasteiger partial charge on any atom is 0.262 e. The predicted octanol–water partition coefficient (Wildman–Crippen LogP) is 4.70. The monoisotopic (exact) mass is 461 g/mol. The minimum Gasteiger partial charge on any atom is -0.467 e. The SMILES string of the molecule is O=C(CSc1nc2cc(Cl)ccc2c(=O)n1Cc1ccco1)Nc1ccc(F)c(F)c1. The quantitative estimate of drug-likeness (QED) is 0.332. The van der Waals surface area contributed by atoms with E-state index in [1.165, 1.54) is 16.9 Å². The number of nitrogens with zero attached hydrogens (tertiary/aromatic N) is 2. The smallest absolute Gasteiger partial charge is 0.262 e. The summed E-state index contributed by atoms with van der Waals surface area (Å²) < 4.78 is 33.1. The molecular weight excluding hydrogens is 448 g/mol. The maximum absolute atomic E-state index is 13.3. The first-order valence-electron chi connectivity index (χ1n) is 9.01. The van der Waals surface area contributed by atoms with Crippen molar-refractivity contribution in [2.45, 2.75) is 11.7 Å². The van der Waals surface area contributed by atoms with Crippen molar-refractivity contribution in [3.05, 3.63) is 87.6 Å². The topological polar surface area (TPSA) is 77.1 Å². The lowest BCUT2D eigenvalue weighted by molar-refractivity contribution is -0.113. The number of nitrogens with one attached hydrogen (secondary N) is 1. The molecule has 0 radical (unpaired) electrons. The number of hydrogen-bond acceptors (Lipinski definition) is 5. The molecule has 0 aliphatic carbocycles. The number of amides is 1. The average Bonchev–Trinajstić information content (AvgIpc) is 3.24. The van der Waals surface area contributed by atoms with E-state index in [1.54, 1.807) is 30.3 Å². The summed E-state index contributed by atoms with van der Waals surface area (Å²) in [7, 11) is 0. The number of carbonyl (C=O) groups excluding carboxylic acids is 1. The molecule has 0 aliphatic heterocycles. The van der Waals surface area contributed by atoms with Crippen molar-refractivity contribution in [2.75, 3.05) is 11.1 Å². The fourth-order valence-corrected chi connectivity index (χ4v) is 3.85. The van der Waals surface area contributed by atoms with Crippen LogP contribution in [0.2, 0.25) is 5.02 Å². The van der Waals surface area contributed by atoms with Crippen molar-refractivity contribution in [3.63, 3.8) is 0 Å². The van der Waals surface area contributed by atoms with Crippen LogP contribution in [-0.4, -0.2) is 21.2 Å². The third kappa shape index (κ3) is 4.78. The molecule has 6 nitrogen and oxygen atoms in total. The van der Waals surface area contributed by atoms with Gasteiger partial charge in [-0.2, -0.15) is 0 Å². The van der Waals surface area contributed by atoms with Gasteiger partial charge in [0.15, 0.2) is 16.8 Å². The second-order valence-corrected chi connectivity index (χ2v) is 7.87. The van der Waals surface area contributed by atoms with Gasteiger partial charge in [-0.25, -0.2) is 13.8 Å².